The fourth-order valence-electron chi connectivity index (χ4n) is 0.952. The molecule has 0 amide bonds. The van der Waals surface area contributed by atoms with E-state index in [2.05, 4.69) is 0 Å². The fraction of sp³-hybridized carbons (Fsp3) is 0. The minimum Gasteiger partial charge on any atom is -0.404 e. The Labute approximate surface area is 70.7 Å². The van der Waals surface area contributed by atoms with Gasteiger partial charge in [-0.15, -0.1) is 0 Å². The molecule has 0 aromatic heterocycles. The van der Waals surface area contributed by atoms with Crippen molar-refractivity contribution in [1.82, 2.24) is 0 Å². The Balaban J connectivity index is 3.18. The van der Waals surface area contributed by atoms with Crippen molar-refractivity contribution in [3.05, 3.63) is 36.0 Å². The lowest BCUT2D eigenvalue weighted by Gasteiger charge is -2.02. The number of hydrogen-bond acceptors (Lipinski definition) is 3. The van der Waals surface area contributed by atoms with E-state index >= 15 is 0 Å². The van der Waals surface area contributed by atoms with Crippen molar-refractivity contribution >= 4 is 17.5 Å². The maximum atomic E-state index is 10.5. The third kappa shape index (κ3) is 1.45. The van der Waals surface area contributed by atoms with Gasteiger partial charge in [-0.25, -0.2) is 0 Å². The van der Waals surface area contributed by atoms with Crippen LogP contribution >= 0.6 is 0 Å². The summed E-state index contributed by atoms with van der Waals surface area (Å²) in [7, 11) is 0. The number of para-hydroxylation sites is 1. The number of carbonyl (C=O) groups excluding carboxylic acids is 1. The average Bonchev–Trinajstić information content (AvgIpc) is 2.10. The van der Waals surface area contributed by atoms with Gasteiger partial charge >= 0.3 is 0 Å². The number of aldehydes is 1. The molecule has 0 radical (unpaired) electrons. The number of nitrogen functional groups attached to an aromatic ring is 1. The van der Waals surface area contributed by atoms with Crippen LogP contribution in [-0.4, -0.2) is 6.29 Å². The molecule has 0 heterocycles. The van der Waals surface area contributed by atoms with Crippen LogP contribution in [-0.2, 0) is 4.79 Å². The zero-order valence-corrected chi connectivity index (χ0v) is 6.53. The van der Waals surface area contributed by atoms with E-state index in [9.17, 15) is 4.79 Å². The summed E-state index contributed by atoms with van der Waals surface area (Å²) in [6.07, 6.45) is 1.93. The number of nitrogens with two attached hydrogens (primary N) is 2. The Morgan fingerprint density at radius 2 is 2.00 bits per heavy atom. The average molecular weight is 162 g/mol. The molecule has 4 N–H and O–H groups in total. The van der Waals surface area contributed by atoms with Crippen molar-refractivity contribution in [2.75, 3.05) is 5.73 Å². The van der Waals surface area contributed by atoms with Crippen molar-refractivity contribution in [3.63, 3.8) is 0 Å². The van der Waals surface area contributed by atoms with E-state index < -0.39 is 0 Å². The summed E-state index contributed by atoms with van der Waals surface area (Å²) < 4.78 is 0. The lowest BCUT2D eigenvalue weighted by molar-refractivity contribution is -0.103. The van der Waals surface area contributed by atoms with Crippen molar-refractivity contribution in [2.45, 2.75) is 0 Å². The van der Waals surface area contributed by atoms with Crippen LogP contribution in [0.4, 0.5) is 5.69 Å². The Hall–Kier alpha value is -1.77. The number of rotatable bonds is 2. The fourth-order valence-corrected chi connectivity index (χ4v) is 0.952. The standard InChI is InChI=1S/C9H10N2O/c10-5-7(6-12)8-3-1-2-4-9(8)11/h1-6H,10-11H2/b7-5-. The van der Waals surface area contributed by atoms with E-state index in [0.29, 0.717) is 23.1 Å². The molecule has 62 valence electrons. The summed E-state index contributed by atoms with van der Waals surface area (Å²) in [6.45, 7) is 0. The lowest BCUT2D eigenvalue weighted by atomic mass is 10.1. The quantitative estimate of drug-likeness (QED) is 0.383. The van der Waals surface area contributed by atoms with E-state index in [1.54, 1.807) is 24.3 Å². The zero-order valence-electron chi connectivity index (χ0n) is 6.53. The molecule has 0 aliphatic carbocycles. The van der Waals surface area contributed by atoms with Gasteiger partial charge in [0.25, 0.3) is 0 Å². The summed E-state index contributed by atoms with van der Waals surface area (Å²) >= 11 is 0. The molecule has 1 aromatic rings. The third-order valence-corrected chi connectivity index (χ3v) is 1.58. The molecule has 0 aliphatic heterocycles. The van der Waals surface area contributed by atoms with Gasteiger partial charge in [-0.3, -0.25) is 4.79 Å². The van der Waals surface area contributed by atoms with Crippen molar-refractivity contribution in [1.29, 1.82) is 0 Å². The first-order chi connectivity index (χ1) is 5.79. The van der Waals surface area contributed by atoms with E-state index in [1.807, 2.05) is 0 Å². The molecular weight excluding hydrogens is 152 g/mol. The first-order valence-electron chi connectivity index (χ1n) is 3.51. The van der Waals surface area contributed by atoms with Gasteiger partial charge in [-0.1, -0.05) is 18.2 Å². The molecule has 1 aromatic carbocycles. The zero-order chi connectivity index (χ0) is 8.97. The summed E-state index contributed by atoms with van der Waals surface area (Å²) in [5.74, 6) is 0. The van der Waals surface area contributed by atoms with Gasteiger partial charge in [0.2, 0.25) is 0 Å². The van der Waals surface area contributed by atoms with Crippen molar-refractivity contribution < 1.29 is 4.79 Å². The van der Waals surface area contributed by atoms with E-state index in [-0.39, 0.29) is 0 Å². The maximum Gasteiger partial charge on any atom is 0.152 e. The normalized spacial score (nSPS) is 11.2. The Kier molecular flexibility index (Phi) is 2.48. The van der Waals surface area contributed by atoms with Gasteiger partial charge in [-0.05, 0) is 6.07 Å². The van der Waals surface area contributed by atoms with E-state index in [4.69, 9.17) is 11.5 Å². The van der Waals surface area contributed by atoms with Gasteiger partial charge in [0.15, 0.2) is 6.29 Å². The topological polar surface area (TPSA) is 69.1 Å². The third-order valence-electron chi connectivity index (χ3n) is 1.58. The number of hydrogen-bond donors (Lipinski definition) is 2. The molecule has 0 atom stereocenters. The number of anilines is 1. The van der Waals surface area contributed by atoms with Crippen LogP contribution in [0.15, 0.2) is 30.5 Å². The van der Waals surface area contributed by atoms with Gasteiger partial charge in [0.05, 0.1) is 0 Å². The minimum atomic E-state index is 0.410. The summed E-state index contributed by atoms with van der Waals surface area (Å²) in [6, 6.07) is 7.08. The Morgan fingerprint density at radius 3 is 2.50 bits per heavy atom. The van der Waals surface area contributed by atoms with E-state index in [0.717, 1.165) is 0 Å². The van der Waals surface area contributed by atoms with Crippen LogP contribution in [0.3, 0.4) is 0 Å². The van der Waals surface area contributed by atoms with Crippen LogP contribution in [0.2, 0.25) is 0 Å². The predicted molar refractivity (Wildman–Crippen MR) is 49.1 cm³/mol. The summed E-state index contributed by atoms with van der Waals surface area (Å²) in [5.41, 5.74) is 12.5. The molecule has 0 saturated carbocycles. The highest BCUT2D eigenvalue weighted by Crippen LogP contribution is 2.17. The second-order valence-electron chi connectivity index (χ2n) is 2.33. The van der Waals surface area contributed by atoms with Crippen LogP contribution < -0.4 is 11.5 Å². The van der Waals surface area contributed by atoms with Gasteiger partial charge in [0, 0.05) is 23.0 Å². The summed E-state index contributed by atoms with van der Waals surface area (Å²) in [5, 5.41) is 0. The second-order valence-corrected chi connectivity index (χ2v) is 2.33. The van der Waals surface area contributed by atoms with Crippen molar-refractivity contribution in [2.24, 2.45) is 5.73 Å². The molecule has 0 bridgehead atoms. The highest BCUT2D eigenvalue weighted by molar-refractivity contribution is 6.08. The SMILES string of the molecule is N/C=C(/C=O)c1ccccc1N. The number of allylic oxidation sites excluding steroid dienone is 1. The molecule has 0 spiro atoms. The van der Waals surface area contributed by atoms with Crippen LogP contribution in [0, 0.1) is 0 Å². The lowest BCUT2D eigenvalue weighted by Crippen LogP contribution is -1.96. The molecule has 3 heteroatoms. The second kappa shape index (κ2) is 3.57. The molecule has 0 fully saturated rings. The molecule has 0 saturated heterocycles. The van der Waals surface area contributed by atoms with Crippen molar-refractivity contribution in [3.8, 4) is 0 Å². The number of carbonyl (C=O) groups is 1. The molecule has 12 heavy (non-hydrogen) atoms. The van der Waals surface area contributed by atoms with Crippen LogP contribution in [0.25, 0.3) is 5.57 Å². The first-order valence-corrected chi connectivity index (χ1v) is 3.51. The first kappa shape index (κ1) is 8.33. The van der Waals surface area contributed by atoms with E-state index in [1.165, 1.54) is 6.20 Å². The Bertz CT molecular complexity index is 318. The highest BCUT2D eigenvalue weighted by Gasteiger charge is 2.01. The molecule has 3 nitrogen and oxygen atoms in total. The van der Waals surface area contributed by atoms with Crippen LogP contribution in [0.5, 0.6) is 0 Å². The molecule has 1 rings (SSSR count). The Morgan fingerprint density at radius 1 is 1.33 bits per heavy atom. The maximum absolute atomic E-state index is 10.5. The molecule has 0 unspecified atom stereocenters. The minimum absolute atomic E-state index is 0.410. The molecular formula is C9H10N2O. The number of benzene rings is 1. The van der Waals surface area contributed by atoms with Gasteiger partial charge < -0.3 is 11.5 Å². The highest BCUT2D eigenvalue weighted by atomic mass is 16.1. The van der Waals surface area contributed by atoms with Gasteiger partial charge in [0.1, 0.15) is 0 Å². The largest absolute Gasteiger partial charge is 0.404 e. The van der Waals surface area contributed by atoms with Crippen LogP contribution in [0.1, 0.15) is 5.56 Å². The smallest absolute Gasteiger partial charge is 0.152 e. The molecule has 0 aliphatic rings. The van der Waals surface area contributed by atoms with Gasteiger partial charge in [-0.2, -0.15) is 0 Å². The predicted octanol–water partition coefficient (Wildman–Crippen LogP) is 0.767. The monoisotopic (exact) mass is 162 g/mol. The summed E-state index contributed by atoms with van der Waals surface area (Å²) in [4.78, 5) is 10.5.